The van der Waals surface area contributed by atoms with Crippen LogP contribution in [0.25, 0.3) is 0 Å². The smallest absolute Gasteiger partial charge is 0.0401 e. The molecule has 1 aromatic rings. The van der Waals surface area contributed by atoms with Gasteiger partial charge in [0.05, 0.1) is 0 Å². The van der Waals surface area contributed by atoms with Gasteiger partial charge >= 0.3 is 0 Å². The summed E-state index contributed by atoms with van der Waals surface area (Å²) in [5, 5.41) is 0. The summed E-state index contributed by atoms with van der Waals surface area (Å²) in [6, 6.07) is 2.20. The van der Waals surface area contributed by atoms with Crippen LogP contribution in [-0.2, 0) is 6.42 Å². The quantitative estimate of drug-likeness (QED) is 0.661. The molecule has 0 aliphatic carbocycles. The molecule has 0 bridgehead atoms. The zero-order valence-electron chi connectivity index (χ0n) is 9.12. The summed E-state index contributed by atoms with van der Waals surface area (Å²) < 4.78 is 0. The molecule has 0 spiro atoms. The molecule has 0 unspecified atom stereocenters. The second-order valence-corrected chi connectivity index (χ2v) is 3.40. The first-order valence-electron chi connectivity index (χ1n) is 4.94. The molecule has 1 nitrogen and oxygen atoms in total. The summed E-state index contributed by atoms with van der Waals surface area (Å²) >= 11 is 0. The van der Waals surface area contributed by atoms with Crippen molar-refractivity contribution in [2.75, 3.05) is 0 Å². The lowest BCUT2D eigenvalue weighted by Crippen LogP contribution is -1.90. The molecule has 0 radical (unpaired) electrons. The molecule has 0 saturated heterocycles. The van der Waals surface area contributed by atoms with E-state index in [2.05, 4.69) is 30.1 Å². The van der Waals surface area contributed by atoms with Gasteiger partial charge in [-0.3, -0.25) is 4.98 Å². The third-order valence-corrected chi connectivity index (χ3v) is 2.19. The zero-order chi connectivity index (χ0) is 10.4. The Morgan fingerprint density at radius 1 is 1.29 bits per heavy atom. The van der Waals surface area contributed by atoms with Crippen LogP contribution in [0.3, 0.4) is 0 Å². The third-order valence-electron chi connectivity index (χ3n) is 2.19. The van der Waals surface area contributed by atoms with Crippen LogP contribution in [0.15, 0.2) is 36.6 Å². The first kappa shape index (κ1) is 10.7. The highest BCUT2D eigenvalue weighted by Crippen LogP contribution is 2.07. The van der Waals surface area contributed by atoms with Crippen molar-refractivity contribution >= 4 is 0 Å². The van der Waals surface area contributed by atoms with Crippen molar-refractivity contribution in [3.8, 4) is 0 Å². The Hall–Kier alpha value is -1.37. The van der Waals surface area contributed by atoms with E-state index < -0.39 is 0 Å². The average Bonchev–Trinajstić information content (AvgIpc) is 2.18. The van der Waals surface area contributed by atoms with E-state index in [1.807, 2.05) is 32.2 Å². The van der Waals surface area contributed by atoms with Gasteiger partial charge < -0.3 is 0 Å². The number of hydrogen-bond donors (Lipinski definition) is 0. The first-order valence-corrected chi connectivity index (χ1v) is 4.94. The van der Waals surface area contributed by atoms with Crippen LogP contribution >= 0.6 is 0 Å². The Morgan fingerprint density at radius 2 is 2.07 bits per heavy atom. The van der Waals surface area contributed by atoms with Gasteiger partial charge in [-0.2, -0.15) is 0 Å². The molecule has 74 valence electrons. The van der Waals surface area contributed by atoms with E-state index in [4.69, 9.17) is 0 Å². The Balaban J connectivity index is 2.64. The Morgan fingerprint density at radius 3 is 2.71 bits per heavy atom. The van der Waals surface area contributed by atoms with Gasteiger partial charge in [-0.15, -0.1) is 0 Å². The maximum Gasteiger partial charge on any atom is 0.0401 e. The minimum atomic E-state index is 0.957. The molecular formula is C13H17N. The fourth-order valence-electron chi connectivity index (χ4n) is 1.21. The van der Waals surface area contributed by atoms with E-state index in [9.17, 15) is 0 Å². The van der Waals surface area contributed by atoms with Gasteiger partial charge in [-0.25, -0.2) is 0 Å². The number of allylic oxidation sites excluding steroid dienone is 4. The van der Waals surface area contributed by atoms with Crippen LogP contribution in [0.4, 0.5) is 0 Å². The lowest BCUT2D eigenvalue weighted by Gasteiger charge is -2.01. The fraction of sp³-hybridized carbons (Fsp3) is 0.308. The van der Waals surface area contributed by atoms with Gasteiger partial charge in [-0.05, 0) is 38.3 Å². The molecule has 1 rings (SSSR count). The molecule has 1 heterocycles. The third kappa shape index (κ3) is 3.17. The number of rotatable bonds is 3. The topological polar surface area (TPSA) is 12.9 Å². The number of aryl methyl sites for hydroxylation is 2. The Bertz CT molecular complexity index is 348. The van der Waals surface area contributed by atoms with Crippen molar-refractivity contribution in [2.24, 2.45) is 0 Å². The van der Waals surface area contributed by atoms with E-state index in [1.54, 1.807) is 0 Å². The van der Waals surface area contributed by atoms with E-state index in [1.165, 1.54) is 11.1 Å². The molecule has 0 atom stereocenters. The second kappa shape index (κ2) is 5.38. The molecule has 0 aliphatic rings. The van der Waals surface area contributed by atoms with Crippen molar-refractivity contribution in [3.63, 3.8) is 0 Å². The summed E-state index contributed by atoms with van der Waals surface area (Å²) in [4.78, 5) is 4.33. The summed E-state index contributed by atoms with van der Waals surface area (Å²) in [7, 11) is 0. The SMILES string of the molecule is C/C=C\C=C/Cc1cnc(C)c(C)c1. The molecule has 0 amide bonds. The van der Waals surface area contributed by atoms with Crippen LogP contribution in [0.5, 0.6) is 0 Å². The van der Waals surface area contributed by atoms with E-state index in [0.717, 1.165) is 12.1 Å². The highest BCUT2D eigenvalue weighted by Gasteiger charge is 1.94. The van der Waals surface area contributed by atoms with Crippen molar-refractivity contribution in [3.05, 3.63) is 53.4 Å². The predicted molar refractivity (Wildman–Crippen MR) is 61.4 cm³/mol. The summed E-state index contributed by atoms with van der Waals surface area (Å²) in [6.07, 6.45) is 11.2. The highest BCUT2D eigenvalue weighted by atomic mass is 14.7. The average molecular weight is 187 g/mol. The maximum absolute atomic E-state index is 4.33. The van der Waals surface area contributed by atoms with E-state index >= 15 is 0 Å². The molecule has 14 heavy (non-hydrogen) atoms. The Labute approximate surface area is 86.2 Å². The summed E-state index contributed by atoms with van der Waals surface area (Å²) in [5.41, 5.74) is 3.65. The Kier molecular flexibility index (Phi) is 4.11. The van der Waals surface area contributed by atoms with Gasteiger partial charge in [0.1, 0.15) is 0 Å². The maximum atomic E-state index is 4.33. The molecule has 0 aromatic carbocycles. The van der Waals surface area contributed by atoms with Gasteiger partial charge in [0.2, 0.25) is 0 Å². The van der Waals surface area contributed by atoms with Crippen molar-refractivity contribution in [1.82, 2.24) is 4.98 Å². The number of nitrogens with zero attached hydrogens (tertiary/aromatic N) is 1. The standard InChI is InChI=1S/C13H17N/c1-4-5-6-7-8-13-9-11(2)12(3)14-10-13/h4-7,9-10H,8H2,1-3H3/b5-4-,7-6-. The van der Waals surface area contributed by atoms with Crippen LogP contribution in [0, 0.1) is 13.8 Å². The van der Waals surface area contributed by atoms with Crippen molar-refractivity contribution < 1.29 is 0 Å². The molecule has 0 saturated carbocycles. The zero-order valence-corrected chi connectivity index (χ0v) is 9.12. The number of pyridine rings is 1. The van der Waals surface area contributed by atoms with E-state index in [0.29, 0.717) is 0 Å². The highest BCUT2D eigenvalue weighted by molar-refractivity contribution is 5.24. The largest absolute Gasteiger partial charge is 0.261 e. The monoisotopic (exact) mass is 187 g/mol. The molecule has 0 N–H and O–H groups in total. The minimum absolute atomic E-state index is 0.957. The molecule has 0 aliphatic heterocycles. The predicted octanol–water partition coefficient (Wildman–Crippen LogP) is 3.37. The molecule has 0 fully saturated rings. The fourth-order valence-corrected chi connectivity index (χ4v) is 1.21. The van der Waals surface area contributed by atoms with Gasteiger partial charge in [0.15, 0.2) is 0 Å². The van der Waals surface area contributed by atoms with Gasteiger partial charge in [0, 0.05) is 11.9 Å². The summed E-state index contributed by atoms with van der Waals surface area (Å²) in [5.74, 6) is 0. The molecule has 1 heteroatoms. The summed E-state index contributed by atoms with van der Waals surface area (Å²) in [6.45, 7) is 6.15. The first-order chi connectivity index (χ1) is 6.74. The lowest BCUT2D eigenvalue weighted by atomic mass is 10.1. The van der Waals surface area contributed by atoms with Gasteiger partial charge in [0.25, 0.3) is 0 Å². The van der Waals surface area contributed by atoms with Crippen LogP contribution in [0.1, 0.15) is 23.7 Å². The van der Waals surface area contributed by atoms with Crippen LogP contribution in [-0.4, -0.2) is 4.98 Å². The van der Waals surface area contributed by atoms with Crippen LogP contribution < -0.4 is 0 Å². The van der Waals surface area contributed by atoms with Crippen molar-refractivity contribution in [1.29, 1.82) is 0 Å². The molecule has 1 aromatic heterocycles. The number of hydrogen-bond acceptors (Lipinski definition) is 1. The normalized spacial score (nSPS) is 11.6. The van der Waals surface area contributed by atoms with Gasteiger partial charge in [-0.1, -0.05) is 30.4 Å². The second-order valence-electron chi connectivity index (χ2n) is 3.40. The van der Waals surface area contributed by atoms with E-state index in [-0.39, 0.29) is 0 Å². The van der Waals surface area contributed by atoms with Crippen molar-refractivity contribution in [2.45, 2.75) is 27.2 Å². The number of aromatic nitrogens is 1. The lowest BCUT2D eigenvalue weighted by molar-refractivity contribution is 1.10. The molecular weight excluding hydrogens is 170 g/mol. The minimum Gasteiger partial charge on any atom is -0.261 e. The van der Waals surface area contributed by atoms with Crippen LogP contribution in [0.2, 0.25) is 0 Å².